The van der Waals surface area contributed by atoms with E-state index in [1.165, 1.54) is 19.2 Å². The number of nitrogens with zero attached hydrogens (tertiary/aromatic N) is 3. The van der Waals surface area contributed by atoms with E-state index in [0.29, 0.717) is 35.2 Å². The van der Waals surface area contributed by atoms with Gasteiger partial charge in [0.1, 0.15) is 28.8 Å². The van der Waals surface area contributed by atoms with Crippen LogP contribution in [0.2, 0.25) is 0 Å². The van der Waals surface area contributed by atoms with Crippen molar-refractivity contribution in [2.24, 2.45) is 5.92 Å². The van der Waals surface area contributed by atoms with Crippen molar-refractivity contribution in [3.05, 3.63) is 41.9 Å². The van der Waals surface area contributed by atoms with Crippen molar-refractivity contribution in [3.8, 4) is 0 Å². The van der Waals surface area contributed by atoms with E-state index < -0.39 is 17.0 Å². The highest BCUT2D eigenvalue weighted by Gasteiger charge is 2.25. The summed E-state index contributed by atoms with van der Waals surface area (Å²) in [6.45, 7) is 6.12. The molecule has 3 N–H and O–H groups in total. The predicted molar refractivity (Wildman–Crippen MR) is 128 cm³/mol. The van der Waals surface area contributed by atoms with Gasteiger partial charge in [0.15, 0.2) is 0 Å². The van der Waals surface area contributed by atoms with Crippen LogP contribution in [0.3, 0.4) is 0 Å². The minimum absolute atomic E-state index is 0.0236. The van der Waals surface area contributed by atoms with Gasteiger partial charge in [-0.05, 0) is 62.3 Å². The quantitative estimate of drug-likeness (QED) is 0.382. The molecule has 2 aromatic rings. The van der Waals surface area contributed by atoms with Crippen molar-refractivity contribution < 1.29 is 18.9 Å². The maximum absolute atomic E-state index is 12.8. The van der Waals surface area contributed by atoms with Gasteiger partial charge in [0.2, 0.25) is 0 Å². The van der Waals surface area contributed by atoms with Gasteiger partial charge in [-0.3, -0.25) is 9.59 Å². The van der Waals surface area contributed by atoms with Gasteiger partial charge >= 0.3 is 5.97 Å². The molecule has 1 heterocycles. The number of amides is 1. The van der Waals surface area contributed by atoms with Crippen LogP contribution in [0, 0.1) is 12.8 Å². The maximum atomic E-state index is 12.8. The van der Waals surface area contributed by atoms with E-state index in [-0.39, 0.29) is 12.3 Å². The Hall–Kier alpha value is -2.85. The minimum atomic E-state index is -1.46. The fourth-order valence-corrected chi connectivity index (χ4v) is 4.36. The first kappa shape index (κ1) is 24.8. The number of carbonyl (C=O) groups is 2. The Morgan fingerprint density at radius 1 is 1.24 bits per heavy atom. The van der Waals surface area contributed by atoms with Gasteiger partial charge in [-0.1, -0.05) is 6.92 Å². The summed E-state index contributed by atoms with van der Waals surface area (Å²) in [4.78, 5) is 34.7. The Bertz CT molecular complexity index is 1010. The summed E-state index contributed by atoms with van der Waals surface area (Å²) in [5.74, 6) is 0.267. The van der Waals surface area contributed by atoms with E-state index in [0.717, 1.165) is 30.9 Å². The van der Waals surface area contributed by atoms with Crippen LogP contribution in [0.15, 0.2) is 35.5 Å². The van der Waals surface area contributed by atoms with Crippen LogP contribution < -0.4 is 14.9 Å². The van der Waals surface area contributed by atoms with Crippen LogP contribution in [0.25, 0.3) is 0 Å². The minimum Gasteiger partial charge on any atom is -0.481 e. The van der Waals surface area contributed by atoms with Crippen molar-refractivity contribution in [2.75, 3.05) is 29.9 Å². The number of rotatable bonds is 13. The van der Waals surface area contributed by atoms with Crippen molar-refractivity contribution in [3.63, 3.8) is 0 Å². The van der Waals surface area contributed by atoms with Crippen LogP contribution in [-0.2, 0) is 15.8 Å². The highest BCUT2D eigenvalue weighted by molar-refractivity contribution is 7.83. The fraction of sp³-hybridized carbons (Fsp3) is 0.478. The van der Waals surface area contributed by atoms with E-state index >= 15 is 0 Å². The standard InChI is InChI=1S/C23H31N5O4S/c1-3-11-28(14-17-6-7-17)21-13-20(24-15-25-21)23(31)27-19-9-8-18(12-16(19)2)33(32)26-10-4-5-22(29)30/h8-9,12-13,15,17,26H,3-7,10-11,14H2,1-2H3,(H,27,31)(H,29,30). The largest absolute Gasteiger partial charge is 0.481 e. The summed E-state index contributed by atoms with van der Waals surface area (Å²) in [5, 5.41) is 11.5. The molecule has 3 rings (SSSR count). The zero-order chi connectivity index (χ0) is 23.8. The second-order valence-corrected chi connectivity index (χ2v) is 9.54. The Balaban J connectivity index is 1.62. The molecule has 0 spiro atoms. The smallest absolute Gasteiger partial charge is 0.303 e. The van der Waals surface area contributed by atoms with Crippen molar-refractivity contribution in [1.82, 2.24) is 14.7 Å². The summed E-state index contributed by atoms with van der Waals surface area (Å²) >= 11 is 0. The number of hydrogen-bond acceptors (Lipinski definition) is 6. The van der Waals surface area contributed by atoms with E-state index in [1.54, 1.807) is 24.3 Å². The Kier molecular flexibility index (Phi) is 8.90. The molecule has 1 aliphatic carbocycles. The summed E-state index contributed by atoms with van der Waals surface area (Å²) in [5.41, 5.74) is 1.66. The molecule has 1 aliphatic rings. The molecule has 0 radical (unpaired) electrons. The summed E-state index contributed by atoms with van der Waals surface area (Å²) < 4.78 is 15.2. The molecule has 1 aromatic carbocycles. The molecule has 1 saturated carbocycles. The number of aliphatic carboxylic acids is 1. The topological polar surface area (TPSA) is 125 Å². The van der Waals surface area contributed by atoms with E-state index in [1.807, 2.05) is 6.92 Å². The summed E-state index contributed by atoms with van der Waals surface area (Å²) in [7, 11) is -1.46. The third-order valence-electron chi connectivity index (χ3n) is 5.34. The molecular weight excluding hydrogens is 442 g/mol. The Morgan fingerprint density at radius 3 is 2.70 bits per heavy atom. The maximum Gasteiger partial charge on any atom is 0.303 e. The molecule has 1 unspecified atom stereocenters. The second kappa shape index (κ2) is 11.9. The van der Waals surface area contributed by atoms with Gasteiger partial charge < -0.3 is 15.3 Å². The van der Waals surface area contributed by atoms with Crippen LogP contribution in [0.1, 0.15) is 55.1 Å². The Labute approximate surface area is 196 Å². The first-order valence-electron chi connectivity index (χ1n) is 11.2. The first-order valence-corrected chi connectivity index (χ1v) is 12.4. The number of benzene rings is 1. The fourth-order valence-electron chi connectivity index (χ4n) is 3.39. The predicted octanol–water partition coefficient (Wildman–Crippen LogP) is 3.14. The SMILES string of the molecule is CCCN(CC1CC1)c1cc(C(=O)Nc2ccc(S(=O)NCCCC(=O)O)cc2C)ncn1. The summed E-state index contributed by atoms with van der Waals surface area (Å²) in [6, 6.07) is 6.85. The number of nitrogens with one attached hydrogen (secondary N) is 2. The highest BCUT2D eigenvalue weighted by Crippen LogP contribution is 2.31. The number of carboxylic acid groups (broad SMARTS) is 1. The third-order valence-corrected chi connectivity index (χ3v) is 6.49. The molecule has 0 aliphatic heterocycles. The lowest BCUT2D eigenvalue weighted by Gasteiger charge is -2.23. The van der Waals surface area contributed by atoms with Crippen LogP contribution in [-0.4, -0.2) is 50.8 Å². The van der Waals surface area contributed by atoms with Gasteiger partial charge in [0, 0.05) is 37.8 Å². The van der Waals surface area contributed by atoms with Gasteiger partial charge in [0.25, 0.3) is 5.91 Å². The summed E-state index contributed by atoms with van der Waals surface area (Å²) in [6.07, 6.45) is 5.34. The number of carbonyl (C=O) groups excluding carboxylic acids is 1. The number of aryl methyl sites for hydroxylation is 1. The lowest BCUT2D eigenvalue weighted by atomic mass is 10.2. The average Bonchev–Trinajstić information content (AvgIpc) is 3.61. The number of aromatic nitrogens is 2. The van der Waals surface area contributed by atoms with Crippen molar-refractivity contribution >= 4 is 34.4 Å². The molecule has 0 saturated heterocycles. The molecule has 1 aromatic heterocycles. The number of hydrogen-bond donors (Lipinski definition) is 3. The Morgan fingerprint density at radius 2 is 2.03 bits per heavy atom. The van der Waals surface area contributed by atoms with Gasteiger partial charge in [0.05, 0.1) is 4.90 Å². The molecule has 1 atom stereocenters. The molecule has 1 amide bonds. The molecule has 9 nitrogen and oxygen atoms in total. The molecule has 1 fully saturated rings. The normalized spacial score (nSPS) is 14.0. The lowest BCUT2D eigenvalue weighted by Crippen LogP contribution is -2.28. The van der Waals surface area contributed by atoms with Crippen LogP contribution in [0.5, 0.6) is 0 Å². The number of carboxylic acids is 1. The van der Waals surface area contributed by atoms with E-state index in [2.05, 4.69) is 31.8 Å². The van der Waals surface area contributed by atoms with E-state index in [9.17, 15) is 13.8 Å². The third kappa shape index (κ3) is 7.61. The molecule has 178 valence electrons. The molecule has 33 heavy (non-hydrogen) atoms. The molecule has 10 heteroatoms. The average molecular weight is 474 g/mol. The van der Waals surface area contributed by atoms with Gasteiger partial charge in [-0.15, -0.1) is 0 Å². The van der Waals surface area contributed by atoms with E-state index in [4.69, 9.17) is 5.11 Å². The van der Waals surface area contributed by atoms with Gasteiger partial charge in [-0.25, -0.2) is 18.9 Å². The zero-order valence-corrected chi connectivity index (χ0v) is 19.9. The first-order chi connectivity index (χ1) is 15.9. The van der Waals surface area contributed by atoms with Crippen LogP contribution in [0.4, 0.5) is 11.5 Å². The van der Waals surface area contributed by atoms with Crippen molar-refractivity contribution in [1.29, 1.82) is 0 Å². The van der Waals surface area contributed by atoms with Gasteiger partial charge in [-0.2, -0.15) is 0 Å². The molecule has 0 bridgehead atoms. The zero-order valence-electron chi connectivity index (χ0n) is 19.0. The number of anilines is 2. The monoisotopic (exact) mass is 473 g/mol. The highest BCUT2D eigenvalue weighted by atomic mass is 32.2. The molecular formula is C23H31N5O4S. The lowest BCUT2D eigenvalue weighted by molar-refractivity contribution is -0.137. The second-order valence-electron chi connectivity index (χ2n) is 8.24. The van der Waals surface area contributed by atoms with Crippen LogP contribution >= 0.6 is 0 Å². The van der Waals surface area contributed by atoms with Crippen molar-refractivity contribution in [2.45, 2.75) is 50.8 Å².